The number of unbranched alkanes of at least 4 members (excludes halogenated alkanes) is 35. The molecule has 0 aliphatic heterocycles. The van der Waals surface area contributed by atoms with Crippen LogP contribution in [0.5, 0.6) is 0 Å². The van der Waals surface area contributed by atoms with E-state index >= 15 is 0 Å². The predicted molar refractivity (Wildman–Crippen MR) is 273 cm³/mol. The van der Waals surface area contributed by atoms with Gasteiger partial charge in [-0.3, -0.25) is 9.59 Å². The summed E-state index contributed by atoms with van der Waals surface area (Å²) < 4.78 is 5.95. The number of ether oxygens (including phenoxy) is 1. The summed E-state index contributed by atoms with van der Waals surface area (Å²) in [4.78, 5) is 26.2. The van der Waals surface area contributed by atoms with Crippen molar-refractivity contribution >= 4 is 11.9 Å². The predicted octanol–water partition coefficient (Wildman–Crippen LogP) is 17.1. The van der Waals surface area contributed by atoms with Crippen LogP contribution in [0.15, 0.2) is 24.3 Å². The molecule has 3 unspecified atom stereocenters. The molecule has 0 heterocycles. The van der Waals surface area contributed by atoms with E-state index in [0.717, 1.165) is 70.6 Å². The van der Waals surface area contributed by atoms with Crippen molar-refractivity contribution < 1.29 is 24.5 Å². The Morgan fingerprint density at radius 3 is 1.29 bits per heavy atom. The van der Waals surface area contributed by atoms with E-state index in [1.54, 1.807) is 0 Å². The molecule has 0 rings (SSSR count). The monoisotopic (exact) mass is 888 g/mol. The quantitative estimate of drug-likeness (QED) is 0.0321. The van der Waals surface area contributed by atoms with E-state index in [1.165, 1.54) is 186 Å². The Kier molecular flexibility index (Phi) is 50.0. The highest BCUT2D eigenvalue weighted by molar-refractivity contribution is 5.77. The van der Waals surface area contributed by atoms with Crippen molar-refractivity contribution in [2.75, 3.05) is 6.61 Å². The fourth-order valence-electron chi connectivity index (χ4n) is 8.82. The van der Waals surface area contributed by atoms with Crippen molar-refractivity contribution in [1.82, 2.24) is 5.32 Å². The smallest absolute Gasteiger partial charge is 0.306 e. The molecule has 0 bridgehead atoms. The minimum Gasteiger partial charge on any atom is -0.462 e. The van der Waals surface area contributed by atoms with Gasteiger partial charge in [-0.15, -0.1) is 0 Å². The van der Waals surface area contributed by atoms with Gasteiger partial charge in [0.15, 0.2) is 0 Å². The van der Waals surface area contributed by atoms with Crippen molar-refractivity contribution in [3.05, 3.63) is 24.3 Å². The van der Waals surface area contributed by atoms with Gasteiger partial charge < -0.3 is 20.3 Å². The molecular formula is C57H109NO5. The molecule has 3 atom stereocenters. The second kappa shape index (κ2) is 51.3. The number of amides is 1. The fourth-order valence-corrected chi connectivity index (χ4v) is 8.82. The molecule has 0 fully saturated rings. The maximum Gasteiger partial charge on any atom is 0.306 e. The first kappa shape index (κ1) is 61.3. The molecule has 6 nitrogen and oxygen atoms in total. The van der Waals surface area contributed by atoms with Crippen molar-refractivity contribution in [1.29, 1.82) is 0 Å². The van der Waals surface area contributed by atoms with E-state index in [-0.39, 0.29) is 24.9 Å². The number of carbonyl (C=O) groups is 2. The minimum absolute atomic E-state index is 0.0736. The Balaban J connectivity index is 4.46. The summed E-state index contributed by atoms with van der Waals surface area (Å²) in [7, 11) is 0. The van der Waals surface area contributed by atoms with Crippen molar-refractivity contribution in [2.45, 2.75) is 322 Å². The molecule has 0 aromatic carbocycles. The van der Waals surface area contributed by atoms with Gasteiger partial charge in [0.1, 0.15) is 6.10 Å². The summed E-state index contributed by atoms with van der Waals surface area (Å²) in [5, 5.41) is 23.8. The van der Waals surface area contributed by atoms with Gasteiger partial charge in [0, 0.05) is 6.42 Å². The highest BCUT2D eigenvalue weighted by Crippen LogP contribution is 2.19. The molecule has 372 valence electrons. The average Bonchev–Trinajstić information content (AvgIpc) is 3.28. The van der Waals surface area contributed by atoms with Crippen LogP contribution in [0.1, 0.15) is 303 Å². The third-order valence-corrected chi connectivity index (χ3v) is 13.0. The average molecular weight is 889 g/mol. The number of nitrogens with one attached hydrogen (secondary N) is 1. The maximum atomic E-state index is 13.2. The van der Waals surface area contributed by atoms with Crippen LogP contribution in [0.3, 0.4) is 0 Å². The highest BCUT2D eigenvalue weighted by atomic mass is 16.5. The molecule has 0 aromatic heterocycles. The van der Waals surface area contributed by atoms with Crippen molar-refractivity contribution in [3.63, 3.8) is 0 Å². The summed E-state index contributed by atoms with van der Waals surface area (Å²) >= 11 is 0. The van der Waals surface area contributed by atoms with Gasteiger partial charge in [0.25, 0.3) is 0 Å². The topological polar surface area (TPSA) is 95.9 Å². The van der Waals surface area contributed by atoms with Crippen LogP contribution in [-0.2, 0) is 14.3 Å². The zero-order valence-electron chi connectivity index (χ0n) is 42.5. The molecule has 0 saturated carbocycles. The second-order valence-electron chi connectivity index (χ2n) is 19.3. The molecule has 0 aliphatic rings. The number of carbonyl (C=O) groups excluding carboxylic acids is 2. The fraction of sp³-hybridized carbons (Fsp3) is 0.895. The molecule has 3 N–H and O–H groups in total. The first-order chi connectivity index (χ1) is 31.0. The molecule has 0 radical (unpaired) electrons. The minimum atomic E-state index is -0.788. The van der Waals surface area contributed by atoms with Crippen LogP contribution in [0.4, 0.5) is 0 Å². The standard InChI is InChI=1S/C57H109NO5/c1-4-7-10-13-16-19-22-25-27-28-29-30-32-35-38-41-44-47-50-57(62)63-53(48-45-42-39-36-33-24-21-18-15-12-9-6-3)51-56(61)58-54(52-59)55(60)49-46-43-40-37-34-31-26-23-20-17-14-11-8-5-2/h9,12,18,21,53-55,59-60H,4-8,10-11,13-17,19-20,22-52H2,1-3H3,(H,58,61)/b12-9+,21-18+. The van der Waals surface area contributed by atoms with E-state index in [9.17, 15) is 19.8 Å². The van der Waals surface area contributed by atoms with Crippen molar-refractivity contribution in [3.8, 4) is 0 Å². The van der Waals surface area contributed by atoms with Gasteiger partial charge in [-0.2, -0.15) is 0 Å². The summed E-state index contributed by atoms with van der Waals surface area (Å²) in [6.07, 6.45) is 59.6. The molecule has 6 heteroatoms. The van der Waals surface area contributed by atoms with Gasteiger partial charge in [0.2, 0.25) is 5.91 Å². The molecule has 63 heavy (non-hydrogen) atoms. The van der Waals surface area contributed by atoms with Gasteiger partial charge in [0.05, 0.1) is 25.2 Å². The number of allylic oxidation sites excluding steroid dienone is 4. The lowest BCUT2D eigenvalue weighted by Gasteiger charge is -2.24. The van der Waals surface area contributed by atoms with Gasteiger partial charge >= 0.3 is 5.97 Å². The van der Waals surface area contributed by atoms with Gasteiger partial charge in [-0.1, -0.05) is 263 Å². The largest absolute Gasteiger partial charge is 0.462 e. The Morgan fingerprint density at radius 2 is 0.857 bits per heavy atom. The molecule has 1 amide bonds. The summed E-state index contributed by atoms with van der Waals surface area (Å²) in [5.41, 5.74) is 0. The SMILES string of the molecule is CC/C=C/C/C=C/CCCCCCCC(CC(=O)NC(CO)C(O)CCCCCCCCCCCCCCCC)OC(=O)CCCCCCCCCCCCCCCCCCCC. The number of esters is 1. The first-order valence-corrected chi connectivity index (χ1v) is 28.1. The summed E-state index contributed by atoms with van der Waals surface area (Å²) in [6, 6.07) is -0.702. The third-order valence-electron chi connectivity index (χ3n) is 13.0. The lowest BCUT2D eigenvalue weighted by molar-refractivity contribution is -0.151. The molecule has 0 aliphatic carbocycles. The number of aliphatic hydroxyl groups is 2. The van der Waals surface area contributed by atoms with E-state index < -0.39 is 18.2 Å². The molecule has 0 aromatic rings. The van der Waals surface area contributed by atoms with Crippen LogP contribution in [0.25, 0.3) is 0 Å². The molecule has 0 saturated heterocycles. The zero-order chi connectivity index (χ0) is 45.9. The lowest BCUT2D eigenvalue weighted by atomic mass is 10.0. The number of hydrogen-bond donors (Lipinski definition) is 3. The number of aliphatic hydroxyl groups excluding tert-OH is 2. The third kappa shape index (κ3) is 46.7. The Bertz CT molecular complexity index is 997. The molecule has 0 spiro atoms. The first-order valence-electron chi connectivity index (χ1n) is 28.1. The Labute approximate surface area is 392 Å². The van der Waals surface area contributed by atoms with E-state index in [1.807, 2.05) is 0 Å². The van der Waals surface area contributed by atoms with Gasteiger partial charge in [-0.25, -0.2) is 0 Å². The highest BCUT2D eigenvalue weighted by Gasteiger charge is 2.24. The van der Waals surface area contributed by atoms with E-state index in [4.69, 9.17) is 4.74 Å². The van der Waals surface area contributed by atoms with E-state index in [0.29, 0.717) is 19.3 Å². The second-order valence-corrected chi connectivity index (χ2v) is 19.3. The zero-order valence-corrected chi connectivity index (χ0v) is 42.5. The van der Waals surface area contributed by atoms with Gasteiger partial charge in [-0.05, 0) is 51.4 Å². The van der Waals surface area contributed by atoms with Crippen LogP contribution in [-0.4, -0.2) is 46.9 Å². The summed E-state index contributed by atoms with van der Waals surface area (Å²) in [6.45, 7) is 6.41. The van der Waals surface area contributed by atoms with Crippen LogP contribution >= 0.6 is 0 Å². The normalized spacial score (nSPS) is 13.3. The molecular weight excluding hydrogens is 779 g/mol. The lowest BCUT2D eigenvalue weighted by Crippen LogP contribution is -2.46. The Morgan fingerprint density at radius 1 is 0.476 bits per heavy atom. The summed E-state index contributed by atoms with van der Waals surface area (Å²) in [5.74, 6) is -0.470. The Hall–Kier alpha value is -1.66. The number of hydrogen-bond acceptors (Lipinski definition) is 5. The number of rotatable bonds is 51. The van der Waals surface area contributed by atoms with Crippen LogP contribution in [0, 0.1) is 0 Å². The van der Waals surface area contributed by atoms with E-state index in [2.05, 4.69) is 50.4 Å². The van der Waals surface area contributed by atoms with Crippen LogP contribution < -0.4 is 5.32 Å². The van der Waals surface area contributed by atoms with Crippen LogP contribution in [0.2, 0.25) is 0 Å². The van der Waals surface area contributed by atoms with Crippen molar-refractivity contribution in [2.24, 2.45) is 0 Å². The maximum absolute atomic E-state index is 13.2.